The third kappa shape index (κ3) is 4.80. The first-order chi connectivity index (χ1) is 8.75. The average Bonchev–Trinajstić information content (AvgIpc) is 2.30. The molecule has 0 aliphatic heterocycles. The fourth-order valence-electron chi connectivity index (χ4n) is 1.42. The monoisotopic (exact) mass is 347 g/mol. The minimum atomic E-state index is -1.34. The second-order valence-electron chi connectivity index (χ2n) is 5.27. The number of hydrogen-bond acceptors (Lipinski definition) is 1. The first-order valence-electron chi connectivity index (χ1n) is 6.20. The van der Waals surface area contributed by atoms with Crippen LogP contribution in [-0.2, 0) is 11.0 Å². The Morgan fingerprint density at radius 1 is 1.42 bits per heavy atom. The second kappa shape index (κ2) is 6.75. The predicted octanol–water partition coefficient (Wildman–Crippen LogP) is 4.64. The molecular weight excluding hydrogens is 329 g/mol. The van der Waals surface area contributed by atoms with E-state index in [9.17, 15) is 8.60 Å². The summed E-state index contributed by atoms with van der Waals surface area (Å²) < 4.78 is 30.2. The van der Waals surface area contributed by atoms with Gasteiger partial charge in [-0.3, -0.25) is 0 Å². The van der Waals surface area contributed by atoms with E-state index in [4.69, 9.17) is 0 Å². The van der Waals surface area contributed by atoms with Crippen LogP contribution in [0, 0.1) is 5.82 Å². The van der Waals surface area contributed by atoms with Crippen molar-refractivity contribution in [3.63, 3.8) is 0 Å². The molecule has 0 heterocycles. The molecule has 0 radical (unpaired) electrons. The van der Waals surface area contributed by atoms with Gasteiger partial charge in [0.15, 0.2) is 0 Å². The molecule has 0 aromatic heterocycles. The van der Waals surface area contributed by atoms with Crippen molar-refractivity contribution in [2.24, 2.45) is 4.40 Å². The van der Waals surface area contributed by atoms with E-state index in [-0.39, 0.29) is 5.82 Å². The highest BCUT2D eigenvalue weighted by molar-refractivity contribution is 9.10. The van der Waals surface area contributed by atoms with E-state index < -0.39 is 15.7 Å². The van der Waals surface area contributed by atoms with Gasteiger partial charge in [0.1, 0.15) is 16.8 Å². The van der Waals surface area contributed by atoms with Gasteiger partial charge in [-0.1, -0.05) is 29.3 Å². The number of benzene rings is 1. The van der Waals surface area contributed by atoms with Gasteiger partial charge in [0.25, 0.3) is 0 Å². The zero-order valence-corrected chi connectivity index (χ0v) is 14.1. The molecular formula is C14H19BrFNOS. The molecule has 5 heteroatoms. The van der Waals surface area contributed by atoms with Crippen LogP contribution in [-0.4, -0.2) is 14.7 Å². The zero-order valence-electron chi connectivity index (χ0n) is 11.7. The van der Waals surface area contributed by atoms with Gasteiger partial charge in [-0.15, -0.1) is 0 Å². The normalized spacial score (nSPS) is 14.5. The number of rotatable bonds is 4. The predicted molar refractivity (Wildman–Crippen MR) is 83.4 cm³/mol. The van der Waals surface area contributed by atoms with Gasteiger partial charge >= 0.3 is 0 Å². The van der Waals surface area contributed by atoms with E-state index in [0.717, 1.165) is 10.9 Å². The largest absolute Gasteiger partial charge is 0.234 e. The lowest BCUT2D eigenvalue weighted by molar-refractivity contribution is 0.627. The van der Waals surface area contributed by atoms with E-state index >= 15 is 0 Å². The molecule has 0 saturated heterocycles. The first-order valence-corrected chi connectivity index (χ1v) is 8.10. The third-order valence-electron chi connectivity index (χ3n) is 2.44. The molecule has 0 N–H and O–H groups in total. The Balaban J connectivity index is 3.24. The Morgan fingerprint density at radius 2 is 2.05 bits per heavy atom. The summed E-state index contributed by atoms with van der Waals surface area (Å²) in [6.07, 6.45) is 1.53. The van der Waals surface area contributed by atoms with Gasteiger partial charge in [-0.2, -0.15) is 4.40 Å². The molecule has 0 fully saturated rings. The molecule has 1 aromatic rings. The first kappa shape index (κ1) is 16.5. The van der Waals surface area contributed by atoms with Crippen molar-refractivity contribution in [1.82, 2.24) is 0 Å². The zero-order chi connectivity index (χ0) is 14.6. The summed E-state index contributed by atoms with van der Waals surface area (Å²) >= 11 is 3.39. The minimum Gasteiger partial charge on any atom is -0.234 e. The summed E-state index contributed by atoms with van der Waals surface area (Å²) in [4.78, 5) is 0. The highest BCUT2D eigenvalue weighted by atomic mass is 79.9. The maximum Gasteiger partial charge on any atom is 0.145 e. The SMILES string of the molecule is CCCC(=N[S@@](=O)C(C)(C)C)c1cc(F)ccc1Br. The molecule has 2 nitrogen and oxygen atoms in total. The lowest BCUT2D eigenvalue weighted by Crippen LogP contribution is -2.21. The smallest absolute Gasteiger partial charge is 0.145 e. The van der Waals surface area contributed by atoms with E-state index in [0.29, 0.717) is 17.7 Å². The fourth-order valence-corrected chi connectivity index (χ4v) is 2.56. The van der Waals surface area contributed by atoms with Crippen molar-refractivity contribution in [1.29, 1.82) is 0 Å². The molecule has 0 bridgehead atoms. The van der Waals surface area contributed by atoms with Crippen molar-refractivity contribution in [2.45, 2.75) is 45.3 Å². The number of halogens is 2. The molecule has 0 spiro atoms. The van der Waals surface area contributed by atoms with E-state index in [1.165, 1.54) is 12.1 Å². The van der Waals surface area contributed by atoms with Crippen molar-refractivity contribution in [3.05, 3.63) is 34.1 Å². The van der Waals surface area contributed by atoms with Crippen LogP contribution in [0.5, 0.6) is 0 Å². The van der Waals surface area contributed by atoms with Crippen molar-refractivity contribution >= 4 is 32.6 Å². The lowest BCUT2D eigenvalue weighted by atomic mass is 10.1. The van der Waals surface area contributed by atoms with Crippen molar-refractivity contribution in [2.75, 3.05) is 0 Å². The molecule has 1 aromatic carbocycles. The van der Waals surface area contributed by atoms with Crippen LogP contribution in [0.1, 0.15) is 46.1 Å². The van der Waals surface area contributed by atoms with Gasteiger partial charge in [0.05, 0.1) is 10.5 Å². The Kier molecular flexibility index (Phi) is 5.86. The topological polar surface area (TPSA) is 29.4 Å². The Morgan fingerprint density at radius 3 is 2.58 bits per heavy atom. The van der Waals surface area contributed by atoms with Crippen LogP contribution in [0.4, 0.5) is 4.39 Å². The van der Waals surface area contributed by atoms with Crippen LogP contribution in [0.25, 0.3) is 0 Å². The average molecular weight is 348 g/mol. The molecule has 0 saturated carbocycles. The summed E-state index contributed by atoms with van der Waals surface area (Å²) in [6, 6.07) is 4.46. The van der Waals surface area contributed by atoms with Crippen molar-refractivity contribution in [3.8, 4) is 0 Å². The summed E-state index contributed by atoms with van der Waals surface area (Å²) in [5.74, 6) is -0.316. The van der Waals surface area contributed by atoms with Crippen molar-refractivity contribution < 1.29 is 8.60 Å². The highest BCUT2D eigenvalue weighted by Crippen LogP contribution is 2.22. The Labute approximate surface area is 125 Å². The summed E-state index contributed by atoms with van der Waals surface area (Å²) in [5, 5.41) is 0. The Bertz CT molecular complexity index is 509. The molecule has 19 heavy (non-hydrogen) atoms. The van der Waals surface area contributed by atoms with Crippen LogP contribution in [0.3, 0.4) is 0 Å². The molecule has 0 aliphatic rings. The van der Waals surface area contributed by atoms with Gasteiger partial charge < -0.3 is 0 Å². The molecule has 0 aliphatic carbocycles. The molecule has 0 amide bonds. The molecule has 1 atom stereocenters. The summed E-state index contributed by atoms with van der Waals surface area (Å²) in [5.41, 5.74) is 1.36. The van der Waals surface area contributed by atoms with Crippen LogP contribution in [0.2, 0.25) is 0 Å². The quantitative estimate of drug-likeness (QED) is 0.729. The van der Waals surface area contributed by atoms with Gasteiger partial charge in [0.2, 0.25) is 0 Å². The van der Waals surface area contributed by atoms with Gasteiger partial charge in [0, 0.05) is 10.0 Å². The number of hydrogen-bond donors (Lipinski definition) is 0. The standard InChI is InChI=1S/C14H19BrFNOS/c1-5-6-13(17-19(18)14(2,3)4)11-9-10(16)7-8-12(11)15/h7-9H,5-6H2,1-4H3/t19-/m0/s1. The van der Waals surface area contributed by atoms with E-state index in [2.05, 4.69) is 20.3 Å². The molecule has 1 rings (SSSR count). The highest BCUT2D eigenvalue weighted by Gasteiger charge is 2.20. The van der Waals surface area contributed by atoms with E-state index in [1.54, 1.807) is 6.07 Å². The van der Waals surface area contributed by atoms with Gasteiger partial charge in [-0.25, -0.2) is 8.60 Å². The van der Waals surface area contributed by atoms with Gasteiger partial charge in [-0.05, 0) is 45.4 Å². The molecule has 106 valence electrons. The third-order valence-corrected chi connectivity index (χ3v) is 4.57. The minimum absolute atomic E-state index is 0.316. The fraction of sp³-hybridized carbons (Fsp3) is 0.500. The maximum atomic E-state index is 13.4. The lowest BCUT2D eigenvalue weighted by Gasteiger charge is -2.15. The Hall–Kier alpha value is -0.550. The molecule has 0 unspecified atom stereocenters. The van der Waals surface area contributed by atoms with E-state index in [1.807, 2.05) is 27.7 Å². The summed E-state index contributed by atoms with van der Waals surface area (Å²) in [7, 11) is -1.34. The van der Waals surface area contributed by atoms with Crippen LogP contribution >= 0.6 is 15.9 Å². The second-order valence-corrected chi connectivity index (χ2v) is 8.03. The maximum absolute atomic E-state index is 13.4. The van der Waals surface area contributed by atoms with Crippen LogP contribution in [0.15, 0.2) is 27.1 Å². The summed E-state index contributed by atoms with van der Waals surface area (Å²) in [6.45, 7) is 7.63. The number of nitrogens with zero attached hydrogens (tertiary/aromatic N) is 1. The van der Waals surface area contributed by atoms with Crippen LogP contribution < -0.4 is 0 Å².